The van der Waals surface area contributed by atoms with Crippen LogP contribution in [-0.4, -0.2) is 42.9 Å². The summed E-state index contributed by atoms with van der Waals surface area (Å²) < 4.78 is 5.08. The number of hydrogen-bond donors (Lipinski definition) is 2. The number of benzene rings is 1. The third kappa shape index (κ3) is 5.96. The molecule has 0 atom stereocenters. The first-order valence-electron chi connectivity index (χ1n) is 10.1. The molecule has 6 heteroatoms. The minimum absolute atomic E-state index is 0.124. The lowest BCUT2D eigenvalue weighted by Crippen LogP contribution is -2.34. The van der Waals surface area contributed by atoms with Crippen LogP contribution >= 0.6 is 0 Å². The van der Waals surface area contributed by atoms with Gasteiger partial charge in [0.15, 0.2) is 5.76 Å². The van der Waals surface area contributed by atoms with Crippen LogP contribution in [0, 0.1) is 5.92 Å². The third-order valence-electron chi connectivity index (χ3n) is 5.19. The molecule has 0 spiro atoms. The Kier molecular flexibility index (Phi) is 7.25. The molecule has 0 bridgehead atoms. The molecule has 1 saturated heterocycles. The summed E-state index contributed by atoms with van der Waals surface area (Å²) in [6, 6.07) is 10.2. The molecule has 2 aromatic rings. The van der Waals surface area contributed by atoms with Gasteiger partial charge in [-0.2, -0.15) is 0 Å². The van der Waals surface area contributed by atoms with Crippen molar-refractivity contribution in [3.05, 3.63) is 54.0 Å². The maximum atomic E-state index is 12.4. The van der Waals surface area contributed by atoms with Crippen LogP contribution < -0.4 is 10.6 Å². The van der Waals surface area contributed by atoms with Gasteiger partial charge in [0.05, 0.1) is 6.26 Å². The fourth-order valence-electron chi connectivity index (χ4n) is 3.39. The summed E-state index contributed by atoms with van der Waals surface area (Å²) in [5, 5.41) is 5.70. The van der Waals surface area contributed by atoms with E-state index in [1.807, 2.05) is 0 Å². The Balaban J connectivity index is 1.39. The maximum Gasteiger partial charge on any atom is 0.291 e. The van der Waals surface area contributed by atoms with Crippen molar-refractivity contribution in [1.82, 2.24) is 10.2 Å². The summed E-state index contributed by atoms with van der Waals surface area (Å²) in [5.41, 5.74) is 1.09. The number of hydrogen-bond acceptors (Lipinski definition) is 4. The normalized spacial score (nSPS) is 15.3. The Labute approximate surface area is 166 Å². The zero-order valence-corrected chi connectivity index (χ0v) is 16.4. The molecular formula is C22H29N3O3. The largest absolute Gasteiger partial charge is 0.459 e. The van der Waals surface area contributed by atoms with E-state index < -0.39 is 0 Å². The molecule has 2 heterocycles. The average molecular weight is 383 g/mol. The van der Waals surface area contributed by atoms with Crippen LogP contribution in [0.3, 0.4) is 0 Å². The predicted molar refractivity (Wildman–Crippen MR) is 110 cm³/mol. The van der Waals surface area contributed by atoms with Crippen molar-refractivity contribution in [2.75, 3.05) is 31.5 Å². The molecule has 1 aromatic carbocycles. The molecule has 1 aliphatic heterocycles. The Morgan fingerprint density at radius 1 is 1.11 bits per heavy atom. The van der Waals surface area contributed by atoms with Gasteiger partial charge < -0.3 is 20.0 Å². The molecular weight excluding hydrogens is 354 g/mol. The first-order valence-corrected chi connectivity index (χ1v) is 10.1. The molecule has 0 radical (unpaired) electrons. The molecule has 2 amide bonds. The summed E-state index contributed by atoms with van der Waals surface area (Å²) in [7, 11) is 0. The molecule has 150 valence electrons. The van der Waals surface area contributed by atoms with E-state index in [9.17, 15) is 9.59 Å². The summed E-state index contributed by atoms with van der Waals surface area (Å²) in [4.78, 5) is 26.9. The van der Waals surface area contributed by atoms with Crippen LogP contribution in [-0.2, 0) is 0 Å². The smallest absolute Gasteiger partial charge is 0.291 e. The van der Waals surface area contributed by atoms with Crippen LogP contribution in [0.5, 0.6) is 0 Å². The van der Waals surface area contributed by atoms with E-state index in [-0.39, 0.29) is 17.6 Å². The number of amides is 2. The Morgan fingerprint density at radius 2 is 1.93 bits per heavy atom. The fourth-order valence-corrected chi connectivity index (χ4v) is 3.39. The minimum atomic E-state index is -0.338. The van der Waals surface area contributed by atoms with Gasteiger partial charge in [-0.25, -0.2) is 0 Å². The van der Waals surface area contributed by atoms with E-state index >= 15 is 0 Å². The van der Waals surface area contributed by atoms with Crippen LogP contribution in [0.15, 0.2) is 47.1 Å². The lowest BCUT2D eigenvalue weighted by Gasteiger charge is -2.30. The second-order valence-corrected chi connectivity index (χ2v) is 7.50. The van der Waals surface area contributed by atoms with Crippen molar-refractivity contribution >= 4 is 17.5 Å². The molecule has 1 aliphatic rings. The Hall–Kier alpha value is -2.60. The fraction of sp³-hybridized carbons (Fsp3) is 0.455. The third-order valence-corrected chi connectivity index (χ3v) is 5.19. The number of carbonyl (C=O) groups excluding carboxylic acids is 2. The summed E-state index contributed by atoms with van der Waals surface area (Å²) in [6.07, 6.45) is 6.10. The number of anilines is 1. The van der Waals surface area contributed by atoms with E-state index in [0.717, 1.165) is 25.3 Å². The highest BCUT2D eigenvalue weighted by Gasteiger charge is 2.15. The lowest BCUT2D eigenvalue weighted by atomic mass is 9.99. The minimum Gasteiger partial charge on any atom is -0.459 e. The summed E-state index contributed by atoms with van der Waals surface area (Å²) >= 11 is 0. The van der Waals surface area contributed by atoms with Gasteiger partial charge in [-0.1, -0.05) is 13.0 Å². The monoisotopic (exact) mass is 383 g/mol. The second kappa shape index (κ2) is 10.1. The van der Waals surface area contributed by atoms with E-state index in [1.165, 1.54) is 32.2 Å². The van der Waals surface area contributed by atoms with E-state index in [4.69, 9.17) is 4.42 Å². The summed E-state index contributed by atoms with van der Waals surface area (Å²) in [5.74, 6) is 0.628. The molecule has 2 N–H and O–H groups in total. The Bertz CT molecular complexity index is 765. The highest BCUT2D eigenvalue weighted by molar-refractivity contribution is 6.03. The molecule has 0 saturated carbocycles. The highest BCUT2D eigenvalue weighted by atomic mass is 16.3. The van der Waals surface area contributed by atoms with Gasteiger partial charge in [0, 0.05) is 17.8 Å². The molecule has 1 fully saturated rings. The molecule has 1 aromatic heterocycles. The summed E-state index contributed by atoms with van der Waals surface area (Å²) in [6.45, 7) is 6.49. The van der Waals surface area contributed by atoms with Crippen LogP contribution in [0.1, 0.15) is 53.5 Å². The topological polar surface area (TPSA) is 74.6 Å². The van der Waals surface area contributed by atoms with Crippen molar-refractivity contribution in [1.29, 1.82) is 0 Å². The van der Waals surface area contributed by atoms with Gasteiger partial charge in [-0.05, 0) is 81.6 Å². The van der Waals surface area contributed by atoms with Crippen molar-refractivity contribution in [3.63, 3.8) is 0 Å². The first-order chi connectivity index (χ1) is 13.6. The molecule has 0 unspecified atom stereocenters. The quantitative estimate of drug-likeness (QED) is 0.681. The van der Waals surface area contributed by atoms with Gasteiger partial charge in [-0.15, -0.1) is 0 Å². The zero-order valence-electron chi connectivity index (χ0n) is 16.4. The van der Waals surface area contributed by atoms with Crippen molar-refractivity contribution in [3.8, 4) is 0 Å². The zero-order chi connectivity index (χ0) is 19.8. The standard InChI is InChI=1S/C22H29N3O3/c1-17-9-13-25(14-10-17)12-3-2-11-23-21(26)18-6-4-7-19(16-18)24-22(27)20-8-5-15-28-20/h4-8,15-17H,2-3,9-14H2,1H3,(H,23,26)(H,24,27). The molecule has 6 nitrogen and oxygen atoms in total. The van der Waals surface area contributed by atoms with Crippen LogP contribution in [0.4, 0.5) is 5.69 Å². The van der Waals surface area contributed by atoms with Gasteiger partial charge >= 0.3 is 0 Å². The Morgan fingerprint density at radius 3 is 2.68 bits per heavy atom. The SMILES string of the molecule is CC1CCN(CCCCNC(=O)c2cccc(NC(=O)c3ccco3)c2)CC1. The van der Waals surface area contributed by atoms with Crippen LogP contribution in [0.2, 0.25) is 0 Å². The maximum absolute atomic E-state index is 12.4. The van der Waals surface area contributed by atoms with Crippen molar-refractivity contribution in [2.24, 2.45) is 5.92 Å². The van der Waals surface area contributed by atoms with Gasteiger partial charge in [0.1, 0.15) is 0 Å². The number of piperidine rings is 1. The first kappa shape index (κ1) is 20.1. The molecule has 0 aliphatic carbocycles. The average Bonchev–Trinajstić information content (AvgIpc) is 3.24. The van der Waals surface area contributed by atoms with E-state index in [2.05, 4.69) is 22.5 Å². The molecule has 3 rings (SSSR count). The number of nitrogens with zero attached hydrogens (tertiary/aromatic N) is 1. The molecule has 28 heavy (non-hydrogen) atoms. The number of nitrogens with one attached hydrogen (secondary N) is 2. The van der Waals surface area contributed by atoms with E-state index in [1.54, 1.807) is 36.4 Å². The van der Waals surface area contributed by atoms with Crippen molar-refractivity contribution in [2.45, 2.75) is 32.6 Å². The second-order valence-electron chi connectivity index (χ2n) is 7.50. The number of unbranched alkanes of at least 4 members (excludes halogenated alkanes) is 1. The lowest BCUT2D eigenvalue weighted by molar-refractivity contribution is 0.0950. The number of rotatable bonds is 8. The predicted octanol–water partition coefficient (Wildman–Crippen LogP) is 3.77. The highest BCUT2D eigenvalue weighted by Crippen LogP contribution is 2.16. The van der Waals surface area contributed by atoms with Crippen molar-refractivity contribution < 1.29 is 14.0 Å². The van der Waals surface area contributed by atoms with Crippen LogP contribution in [0.25, 0.3) is 0 Å². The number of furan rings is 1. The van der Waals surface area contributed by atoms with Gasteiger partial charge in [0.25, 0.3) is 11.8 Å². The van der Waals surface area contributed by atoms with E-state index in [0.29, 0.717) is 17.8 Å². The number of carbonyl (C=O) groups is 2. The van der Waals surface area contributed by atoms with Gasteiger partial charge in [0.2, 0.25) is 0 Å². The van der Waals surface area contributed by atoms with Gasteiger partial charge in [-0.3, -0.25) is 9.59 Å². The number of likely N-dealkylation sites (tertiary alicyclic amines) is 1.